The third kappa shape index (κ3) is 4.28. The molecule has 5 aliphatic carbocycles. The number of halogens is 1. The second-order valence-corrected chi connectivity index (χ2v) is 17.7. The van der Waals surface area contributed by atoms with E-state index in [0.29, 0.717) is 35.1 Å². The fraction of sp³-hybridized carbons (Fsp3) is 0.675. The first kappa shape index (κ1) is 32.2. The Morgan fingerprint density at radius 1 is 0.935 bits per heavy atom. The zero-order valence-corrected chi connectivity index (χ0v) is 29.9. The fourth-order valence-corrected chi connectivity index (χ4v) is 12.6. The maximum Gasteiger partial charge on any atom is 0.302 e. The van der Waals surface area contributed by atoms with Crippen LogP contribution in [0, 0.1) is 45.3 Å². The van der Waals surface area contributed by atoms with Crippen LogP contribution >= 0.6 is 11.6 Å². The van der Waals surface area contributed by atoms with E-state index in [1.54, 1.807) is 6.92 Å². The Kier molecular flexibility index (Phi) is 7.38. The number of ether oxygens (including phenoxy) is 1. The van der Waals surface area contributed by atoms with Gasteiger partial charge in [-0.3, -0.25) is 9.59 Å². The molecule has 4 saturated carbocycles. The number of hydrogen-bond acceptors (Lipinski definition) is 5. The number of aromatic nitrogens is 1. The molecule has 0 bridgehead atoms. The van der Waals surface area contributed by atoms with Crippen molar-refractivity contribution in [3.8, 4) is 11.3 Å². The van der Waals surface area contributed by atoms with Gasteiger partial charge in [0.2, 0.25) is 5.89 Å². The smallest absolute Gasteiger partial charge is 0.302 e. The van der Waals surface area contributed by atoms with Crippen molar-refractivity contribution >= 4 is 23.4 Å². The van der Waals surface area contributed by atoms with Crippen molar-refractivity contribution in [1.29, 1.82) is 0 Å². The van der Waals surface area contributed by atoms with Gasteiger partial charge < -0.3 is 9.15 Å². The van der Waals surface area contributed by atoms with Gasteiger partial charge >= 0.3 is 5.97 Å². The highest BCUT2D eigenvalue weighted by molar-refractivity contribution is 6.30. The maximum absolute atomic E-state index is 14.1. The van der Waals surface area contributed by atoms with E-state index in [-0.39, 0.29) is 45.4 Å². The first-order valence-corrected chi connectivity index (χ1v) is 18.1. The second-order valence-electron chi connectivity index (χ2n) is 17.3. The minimum absolute atomic E-state index is 0.0172. The third-order valence-electron chi connectivity index (χ3n) is 14.7. The first-order chi connectivity index (χ1) is 21.6. The number of fused-ring (bicyclic) bond motifs is 7. The first-order valence-electron chi connectivity index (χ1n) is 17.8. The Balaban J connectivity index is 1.28. The van der Waals surface area contributed by atoms with Crippen LogP contribution in [0.3, 0.4) is 0 Å². The molecule has 0 radical (unpaired) electrons. The van der Waals surface area contributed by atoms with Crippen molar-refractivity contribution in [2.24, 2.45) is 45.3 Å². The summed E-state index contributed by atoms with van der Waals surface area (Å²) in [6, 6.07) is 7.70. The quantitative estimate of drug-likeness (QED) is 0.309. The number of esters is 1. The van der Waals surface area contributed by atoms with E-state index < -0.39 is 5.41 Å². The van der Waals surface area contributed by atoms with E-state index in [4.69, 9.17) is 25.7 Å². The highest BCUT2D eigenvalue weighted by Gasteiger charge is 2.70. The molecule has 248 valence electrons. The van der Waals surface area contributed by atoms with E-state index in [2.05, 4.69) is 48.5 Å². The summed E-state index contributed by atoms with van der Waals surface area (Å²) in [5.74, 6) is 3.15. The van der Waals surface area contributed by atoms with Gasteiger partial charge in [0.15, 0.2) is 11.5 Å². The number of benzene rings is 1. The lowest BCUT2D eigenvalue weighted by atomic mass is 9.33. The van der Waals surface area contributed by atoms with E-state index in [0.717, 1.165) is 55.4 Å². The van der Waals surface area contributed by atoms with Crippen LogP contribution in [0.2, 0.25) is 5.02 Å². The molecule has 0 amide bonds. The number of Topliss-reactive ketones (excluding diaryl/α,β-unsaturated/α-hetero) is 1. The Bertz CT molecular complexity index is 1600. The number of allylic oxidation sites excluding steroid dienone is 2. The minimum atomic E-state index is -0.472. The maximum atomic E-state index is 14.1. The van der Waals surface area contributed by atoms with Gasteiger partial charge in [-0.1, -0.05) is 60.1 Å². The third-order valence-corrected chi connectivity index (χ3v) is 15.0. The van der Waals surface area contributed by atoms with Gasteiger partial charge in [0, 0.05) is 29.3 Å². The predicted octanol–water partition coefficient (Wildman–Crippen LogP) is 10.2. The number of nitrogens with zero attached hydrogens (tertiary/aromatic N) is 1. The molecule has 1 heterocycles. The lowest BCUT2D eigenvalue weighted by Crippen LogP contribution is -2.66. The Morgan fingerprint density at radius 3 is 2.33 bits per heavy atom. The summed E-state index contributed by atoms with van der Waals surface area (Å²) in [4.78, 5) is 31.1. The molecule has 5 nitrogen and oxygen atoms in total. The van der Waals surface area contributed by atoms with E-state index in [1.807, 2.05) is 30.5 Å². The van der Waals surface area contributed by atoms with Crippen LogP contribution < -0.4 is 0 Å². The molecule has 0 unspecified atom stereocenters. The Hall–Kier alpha value is -2.40. The van der Waals surface area contributed by atoms with E-state index in [9.17, 15) is 9.59 Å². The molecule has 8 atom stereocenters. The van der Waals surface area contributed by atoms with Crippen LogP contribution in [-0.2, 0) is 19.7 Å². The van der Waals surface area contributed by atoms with Crippen LogP contribution in [-0.4, -0.2) is 22.8 Å². The van der Waals surface area contributed by atoms with Gasteiger partial charge in [0.1, 0.15) is 6.10 Å². The Morgan fingerprint density at radius 2 is 1.65 bits per heavy atom. The monoisotopic (exact) mass is 645 g/mol. The average Bonchev–Trinajstić information content (AvgIpc) is 3.59. The molecule has 1 aromatic heterocycles. The average molecular weight is 646 g/mol. The molecule has 7 rings (SSSR count). The summed E-state index contributed by atoms with van der Waals surface area (Å²) in [6.07, 6.45) is 10.9. The van der Waals surface area contributed by atoms with Crippen molar-refractivity contribution in [1.82, 2.24) is 4.98 Å². The Labute approximate surface area is 280 Å². The number of oxazole rings is 1. The summed E-state index contributed by atoms with van der Waals surface area (Å²) in [5, 5.41) is 0.690. The van der Waals surface area contributed by atoms with Crippen molar-refractivity contribution in [2.45, 2.75) is 125 Å². The van der Waals surface area contributed by atoms with Gasteiger partial charge in [-0.2, -0.15) is 0 Å². The zero-order valence-electron chi connectivity index (χ0n) is 29.1. The molecule has 4 fully saturated rings. The fourth-order valence-electron chi connectivity index (χ4n) is 12.5. The lowest BCUT2D eigenvalue weighted by Gasteiger charge is -2.72. The highest BCUT2D eigenvalue weighted by atomic mass is 35.5. The summed E-state index contributed by atoms with van der Waals surface area (Å²) in [5.41, 5.74) is 3.22. The van der Waals surface area contributed by atoms with Crippen LogP contribution in [0.1, 0.15) is 119 Å². The minimum Gasteiger partial charge on any atom is -0.462 e. The topological polar surface area (TPSA) is 69.4 Å². The highest BCUT2D eigenvalue weighted by Crippen LogP contribution is 2.76. The second kappa shape index (κ2) is 10.5. The zero-order chi connectivity index (χ0) is 33.0. The molecule has 1 aromatic carbocycles. The van der Waals surface area contributed by atoms with Gasteiger partial charge in [0.25, 0.3) is 0 Å². The van der Waals surface area contributed by atoms with Crippen LogP contribution in [0.5, 0.6) is 0 Å². The lowest BCUT2D eigenvalue weighted by molar-refractivity contribution is -0.231. The molecular formula is C40H52ClNO4. The molecule has 2 aromatic rings. The summed E-state index contributed by atoms with van der Waals surface area (Å²) in [7, 11) is 0. The normalized spacial score (nSPS) is 39.8. The molecule has 0 saturated heterocycles. The number of ketones is 1. The number of carbonyl (C=O) groups excluding carboxylic acids is 2. The summed E-state index contributed by atoms with van der Waals surface area (Å²) < 4.78 is 12.6. The van der Waals surface area contributed by atoms with Gasteiger partial charge in [-0.15, -0.1) is 0 Å². The predicted molar refractivity (Wildman–Crippen MR) is 181 cm³/mol. The molecule has 6 heteroatoms. The molecule has 5 aliphatic rings. The van der Waals surface area contributed by atoms with Crippen LogP contribution in [0.15, 0.2) is 46.0 Å². The number of carbonyl (C=O) groups is 2. The number of rotatable bonds is 4. The summed E-state index contributed by atoms with van der Waals surface area (Å²) in [6.45, 7) is 18.4. The molecule has 0 N–H and O–H groups in total. The van der Waals surface area contributed by atoms with Gasteiger partial charge in [0.05, 0.1) is 11.6 Å². The van der Waals surface area contributed by atoms with Crippen molar-refractivity contribution < 1.29 is 18.7 Å². The standard InChI is InChI=1S/C40H52ClNO4/c1-23(2)33-28(44)21-40(35-42-22-29(46-35)25-9-11-26(41)12-10-25)20-19-38(7)27(34(33)40)13-14-31-37(6)17-16-32(45-24(3)43)36(4,5)30(37)15-18-39(31,38)8/h9-12,22-23,27,30-32H,13-21H2,1-8H3/t27-,30+,31-,32+,37+,38-,39-,40-/m1/s1. The summed E-state index contributed by atoms with van der Waals surface area (Å²) >= 11 is 6.17. The van der Waals surface area contributed by atoms with Gasteiger partial charge in [-0.25, -0.2) is 4.98 Å². The largest absolute Gasteiger partial charge is 0.462 e. The van der Waals surface area contributed by atoms with Crippen molar-refractivity contribution in [3.63, 3.8) is 0 Å². The van der Waals surface area contributed by atoms with Crippen molar-refractivity contribution in [3.05, 3.63) is 52.5 Å². The SMILES string of the molecule is CC(=O)O[C@H]1CC[C@]2(C)[C@H]3CC[C@@H]4C5=C(C(C)C)C(=O)C[C@]5(c5ncc(-c6ccc(Cl)cc6)o5)CC[C@@]4(C)[C@]3(C)CC[C@H]2C1(C)C. The van der Waals surface area contributed by atoms with Gasteiger partial charge in [-0.05, 0) is 127 Å². The molecule has 0 spiro atoms. The van der Waals surface area contributed by atoms with Crippen molar-refractivity contribution in [2.75, 3.05) is 0 Å². The number of hydrogen-bond donors (Lipinski definition) is 0. The van der Waals surface area contributed by atoms with Crippen LogP contribution in [0.25, 0.3) is 11.3 Å². The molecular weight excluding hydrogens is 594 g/mol. The van der Waals surface area contributed by atoms with E-state index in [1.165, 1.54) is 18.4 Å². The molecule has 46 heavy (non-hydrogen) atoms. The van der Waals surface area contributed by atoms with E-state index >= 15 is 0 Å². The molecule has 0 aliphatic heterocycles. The van der Waals surface area contributed by atoms with Crippen LogP contribution in [0.4, 0.5) is 0 Å².